The molecular formula is C21H31IN6O. The molecule has 0 spiro atoms. The maximum atomic E-state index is 12.2. The number of nitrogens with zero attached hydrogens (tertiary/aromatic N) is 3. The fraction of sp³-hybridized carbons (Fsp3) is 0.476. The molecule has 2 heterocycles. The number of nitrogens with one attached hydrogen (secondary N) is 3. The molecule has 1 atom stereocenters. The molecule has 0 saturated carbocycles. The second-order valence-corrected chi connectivity index (χ2v) is 7.37. The van der Waals surface area contributed by atoms with Crippen LogP contribution in [0, 0.1) is 5.92 Å². The molecule has 8 heteroatoms. The first-order valence-electron chi connectivity index (χ1n) is 9.99. The molecule has 158 valence electrons. The summed E-state index contributed by atoms with van der Waals surface area (Å²) >= 11 is 0. The minimum atomic E-state index is 0. The van der Waals surface area contributed by atoms with Gasteiger partial charge in [-0.1, -0.05) is 44.2 Å². The van der Waals surface area contributed by atoms with E-state index < -0.39 is 0 Å². The highest BCUT2D eigenvalue weighted by atomic mass is 127. The maximum absolute atomic E-state index is 12.2. The van der Waals surface area contributed by atoms with Gasteiger partial charge < -0.3 is 20.5 Å². The molecule has 1 aromatic carbocycles. The van der Waals surface area contributed by atoms with Crippen LogP contribution in [0.25, 0.3) is 11.3 Å². The van der Waals surface area contributed by atoms with Gasteiger partial charge in [-0.2, -0.15) is 0 Å². The average molecular weight is 510 g/mol. The van der Waals surface area contributed by atoms with E-state index in [1.807, 2.05) is 50.1 Å². The van der Waals surface area contributed by atoms with Gasteiger partial charge in [-0.25, -0.2) is 9.98 Å². The van der Waals surface area contributed by atoms with Gasteiger partial charge in [0, 0.05) is 31.6 Å². The SMILES string of the molecule is CCNC(=NCc1ncc(-c2ccccc2)[nH]1)NC1CCN(C(=O)C(C)C)C1.I. The van der Waals surface area contributed by atoms with Crippen LogP contribution in [0.15, 0.2) is 41.5 Å². The van der Waals surface area contributed by atoms with Gasteiger partial charge in [0.2, 0.25) is 5.91 Å². The third-order valence-electron chi connectivity index (χ3n) is 4.78. The number of aromatic amines is 1. The molecule has 0 radical (unpaired) electrons. The van der Waals surface area contributed by atoms with Gasteiger partial charge in [-0.3, -0.25) is 4.79 Å². The molecule has 1 aliphatic heterocycles. The first-order valence-corrected chi connectivity index (χ1v) is 9.99. The van der Waals surface area contributed by atoms with Crippen molar-refractivity contribution in [3.63, 3.8) is 0 Å². The summed E-state index contributed by atoms with van der Waals surface area (Å²) in [4.78, 5) is 26.5. The summed E-state index contributed by atoms with van der Waals surface area (Å²) in [5, 5.41) is 6.73. The minimum Gasteiger partial charge on any atom is -0.357 e. The van der Waals surface area contributed by atoms with Gasteiger partial charge in [0.15, 0.2) is 5.96 Å². The van der Waals surface area contributed by atoms with Crippen LogP contribution in [-0.2, 0) is 11.3 Å². The lowest BCUT2D eigenvalue weighted by Crippen LogP contribution is -2.45. The number of guanidine groups is 1. The Morgan fingerprint density at radius 1 is 1.34 bits per heavy atom. The zero-order valence-electron chi connectivity index (χ0n) is 17.3. The molecule has 29 heavy (non-hydrogen) atoms. The molecular weight excluding hydrogens is 479 g/mol. The van der Waals surface area contributed by atoms with Gasteiger partial charge in [-0.15, -0.1) is 24.0 Å². The number of benzene rings is 1. The largest absolute Gasteiger partial charge is 0.357 e. The first-order chi connectivity index (χ1) is 13.6. The highest BCUT2D eigenvalue weighted by Crippen LogP contribution is 2.16. The number of H-pyrrole nitrogens is 1. The Hall–Kier alpha value is -2.10. The van der Waals surface area contributed by atoms with Gasteiger partial charge in [0.1, 0.15) is 12.4 Å². The number of carbonyl (C=O) groups is 1. The third kappa shape index (κ3) is 6.45. The number of carbonyl (C=O) groups excluding carboxylic acids is 1. The molecule has 1 amide bonds. The summed E-state index contributed by atoms with van der Waals surface area (Å²) in [6.07, 6.45) is 2.77. The van der Waals surface area contributed by atoms with Crippen LogP contribution < -0.4 is 10.6 Å². The maximum Gasteiger partial charge on any atom is 0.225 e. The number of amides is 1. The van der Waals surface area contributed by atoms with Crippen molar-refractivity contribution < 1.29 is 4.79 Å². The lowest BCUT2D eigenvalue weighted by Gasteiger charge is -2.20. The van der Waals surface area contributed by atoms with E-state index >= 15 is 0 Å². The van der Waals surface area contributed by atoms with Gasteiger partial charge in [0.05, 0.1) is 11.9 Å². The second kappa shape index (κ2) is 11.2. The van der Waals surface area contributed by atoms with Crippen LogP contribution in [0.4, 0.5) is 0 Å². The van der Waals surface area contributed by atoms with E-state index in [9.17, 15) is 4.79 Å². The number of imidazole rings is 1. The van der Waals surface area contributed by atoms with Crippen LogP contribution >= 0.6 is 24.0 Å². The van der Waals surface area contributed by atoms with Gasteiger partial charge in [0.25, 0.3) is 0 Å². The Morgan fingerprint density at radius 2 is 2.10 bits per heavy atom. The number of hydrogen-bond acceptors (Lipinski definition) is 3. The van der Waals surface area contributed by atoms with Crippen LogP contribution in [0.2, 0.25) is 0 Å². The summed E-state index contributed by atoms with van der Waals surface area (Å²) < 4.78 is 0. The fourth-order valence-electron chi connectivity index (χ4n) is 3.32. The molecule has 3 N–H and O–H groups in total. The smallest absolute Gasteiger partial charge is 0.225 e. The molecule has 1 fully saturated rings. The van der Waals surface area contributed by atoms with Crippen molar-refractivity contribution in [3.8, 4) is 11.3 Å². The van der Waals surface area contributed by atoms with Crippen molar-refractivity contribution in [2.75, 3.05) is 19.6 Å². The van der Waals surface area contributed by atoms with E-state index in [0.29, 0.717) is 6.54 Å². The van der Waals surface area contributed by atoms with E-state index in [-0.39, 0.29) is 41.8 Å². The van der Waals surface area contributed by atoms with Crippen molar-refractivity contribution in [2.24, 2.45) is 10.9 Å². The third-order valence-corrected chi connectivity index (χ3v) is 4.78. The lowest BCUT2D eigenvalue weighted by atomic mass is 10.2. The van der Waals surface area contributed by atoms with Crippen LogP contribution in [-0.4, -0.2) is 52.4 Å². The molecule has 3 rings (SSSR count). The highest BCUT2D eigenvalue weighted by Gasteiger charge is 2.27. The van der Waals surface area contributed by atoms with Crippen molar-refractivity contribution >= 4 is 35.8 Å². The molecule has 1 unspecified atom stereocenters. The average Bonchev–Trinajstić information content (AvgIpc) is 3.36. The summed E-state index contributed by atoms with van der Waals surface area (Å²) in [5.41, 5.74) is 2.10. The van der Waals surface area contributed by atoms with Gasteiger partial charge >= 0.3 is 0 Å². The quantitative estimate of drug-likeness (QED) is 0.317. The zero-order chi connectivity index (χ0) is 19.9. The summed E-state index contributed by atoms with van der Waals surface area (Å²) in [6, 6.07) is 10.3. The van der Waals surface area contributed by atoms with Crippen LogP contribution in [0.3, 0.4) is 0 Å². The minimum absolute atomic E-state index is 0. The van der Waals surface area contributed by atoms with E-state index in [1.165, 1.54) is 0 Å². The molecule has 7 nitrogen and oxygen atoms in total. The normalized spacial score (nSPS) is 16.6. The molecule has 0 bridgehead atoms. The highest BCUT2D eigenvalue weighted by molar-refractivity contribution is 14.0. The van der Waals surface area contributed by atoms with E-state index in [4.69, 9.17) is 0 Å². The molecule has 1 saturated heterocycles. The Balaban J connectivity index is 0.00000300. The molecule has 1 aliphatic rings. The van der Waals surface area contributed by atoms with Crippen molar-refractivity contribution in [1.82, 2.24) is 25.5 Å². The number of rotatable bonds is 6. The van der Waals surface area contributed by atoms with Crippen LogP contribution in [0.5, 0.6) is 0 Å². The molecule has 2 aromatic rings. The summed E-state index contributed by atoms with van der Waals surface area (Å²) in [5.74, 6) is 1.83. The topological polar surface area (TPSA) is 85.4 Å². The Morgan fingerprint density at radius 3 is 2.79 bits per heavy atom. The number of hydrogen-bond donors (Lipinski definition) is 3. The number of aromatic nitrogens is 2. The monoisotopic (exact) mass is 510 g/mol. The fourth-order valence-corrected chi connectivity index (χ4v) is 3.32. The standard InChI is InChI=1S/C21H30N6O.HI/c1-4-22-21(25-17-10-11-27(14-17)20(28)15(2)3)24-13-19-23-12-18(26-19)16-8-6-5-7-9-16;/h5-9,12,15,17H,4,10-11,13-14H2,1-3H3,(H,23,26)(H2,22,24,25);1H. The Labute approximate surface area is 189 Å². The zero-order valence-corrected chi connectivity index (χ0v) is 19.6. The van der Waals surface area contributed by atoms with E-state index in [0.717, 1.165) is 49.1 Å². The van der Waals surface area contributed by atoms with E-state index in [1.54, 1.807) is 0 Å². The second-order valence-electron chi connectivity index (χ2n) is 7.37. The van der Waals surface area contributed by atoms with Crippen LogP contribution in [0.1, 0.15) is 33.0 Å². The Kier molecular flexibility index (Phi) is 8.94. The Bertz CT molecular complexity index is 805. The predicted molar refractivity (Wildman–Crippen MR) is 127 cm³/mol. The van der Waals surface area contributed by atoms with Crippen molar-refractivity contribution in [3.05, 3.63) is 42.4 Å². The lowest BCUT2D eigenvalue weighted by molar-refractivity contribution is -0.133. The number of aliphatic imine (C=N–C) groups is 1. The number of halogens is 1. The first kappa shape index (κ1) is 23.2. The summed E-state index contributed by atoms with van der Waals surface area (Å²) in [6.45, 7) is 8.70. The van der Waals surface area contributed by atoms with Crippen molar-refractivity contribution in [2.45, 2.75) is 39.8 Å². The van der Waals surface area contributed by atoms with Gasteiger partial charge in [-0.05, 0) is 18.9 Å². The number of likely N-dealkylation sites (tertiary alicyclic amines) is 1. The van der Waals surface area contributed by atoms with Crippen molar-refractivity contribution in [1.29, 1.82) is 0 Å². The molecule has 0 aliphatic carbocycles. The van der Waals surface area contributed by atoms with E-state index in [2.05, 4.69) is 37.7 Å². The predicted octanol–water partition coefficient (Wildman–Crippen LogP) is 3.01. The molecule has 1 aromatic heterocycles. The summed E-state index contributed by atoms with van der Waals surface area (Å²) in [7, 11) is 0.